The smallest absolute Gasteiger partial charge is 0.0959 e. The molecule has 1 heterocycles. The Balaban J connectivity index is 2.61. The number of hydrogen-bond acceptors (Lipinski definition) is 2. The summed E-state index contributed by atoms with van der Waals surface area (Å²) in [6.45, 7) is 0.583. The Morgan fingerprint density at radius 2 is 2.00 bits per heavy atom. The predicted molar refractivity (Wildman–Crippen MR) is 56.8 cm³/mol. The van der Waals surface area contributed by atoms with Gasteiger partial charge in [0.05, 0.1) is 34.0 Å². The number of halogens is 2. The van der Waals surface area contributed by atoms with Gasteiger partial charge in [-0.1, -0.05) is 23.2 Å². The molecule has 1 N–H and O–H groups in total. The monoisotopic (exact) mass is 230 g/mol. The molecule has 0 aliphatic carbocycles. The van der Waals surface area contributed by atoms with Crippen molar-refractivity contribution >= 4 is 34.2 Å². The van der Waals surface area contributed by atoms with E-state index in [0.717, 1.165) is 11.0 Å². The molecule has 0 fully saturated rings. The molecule has 1 aromatic heterocycles. The number of imidazole rings is 1. The van der Waals surface area contributed by atoms with Gasteiger partial charge in [0.2, 0.25) is 0 Å². The summed E-state index contributed by atoms with van der Waals surface area (Å²) in [7, 11) is 0. The van der Waals surface area contributed by atoms with Crippen molar-refractivity contribution in [2.75, 3.05) is 6.61 Å². The summed E-state index contributed by atoms with van der Waals surface area (Å²) in [6.07, 6.45) is 1.66. The first-order chi connectivity index (χ1) is 6.72. The molecule has 14 heavy (non-hydrogen) atoms. The molecule has 0 aliphatic heterocycles. The molecule has 0 amide bonds. The van der Waals surface area contributed by atoms with Gasteiger partial charge in [-0.2, -0.15) is 0 Å². The molecule has 1 aromatic carbocycles. The van der Waals surface area contributed by atoms with Gasteiger partial charge in [-0.15, -0.1) is 0 Å². The fraction of sp³-hybridized carbons (Fsp3) is 0.222. The maximum absolute atomic E-state index is 8.81. The van der Waals surface area contributed by atoms with Gasteiger partial charge >= 0.3 is 0 Å². The zero-order chi connectivity index (χ0) is 10.1. The lowest BCUT2D eigenvalue weighted by Gasteiger charge is -2.01. The Kier molecular flexibility index (Phi) is 2.63. The summed E-state index contributed by atoms with van der Waals surface area (Å²) in [5.41, 5.74) is 1.67. The molecule has 0 radical (unpaired) electrons. The molecule has 2 aromatic rings. The van der Waals surface area contributed by atoms with Gasteiger partial charge in [-0.05, 0) is 12.1 Å². The second kappa shape index (κ2) is 3.77. The first-order valence-electron chi connectivity index (χ1n) is 4.13. The zero-order valence-electron chi connectivity index (χ0n) is 7.24. The van der Waals surface area contributed by atoms with E-state index < -0.39 is 0 Å². The molecule has 0 unspecified atom stereocenters. The van der Waals surface area contributed by atoms with E-state index in [1.807, 2.05) is 4.57 Å². The standard InChI is InChI=1S/C9H8Cl2N2O/c10-6-3-8-9(4-7(6)11)13(1-2-14)5-12-8/h3-5,14H,1-2H2. The van der Waals surface area contributed by atoms with Gasteiger partial charge in [0.25, 0.3) is 0 Å². The topological polar surface area (TPSA) is 38.0 Å². The van der Waals surface area contributed by atoms with Crippen LogP contribution in [-0.4, -0.2) is 21.3 Å². The lowest BCUT2D eigenvalue weighted by Crippen LogP contribution is -1.99. The highest BCUT2D eigenvalue weighted by molar-refractivity contribution is 6.42. The zero-order valence-corrected chi connectivity index (χ0v) is 8.76. The van der Waals surface area contributed by atoms with Gasteiger partial charge in [0.15, 0.2) is 0 Å². The number of benzene rings is 1. The Morgan fingerprint density at radius 1 is 1.29 bits per heavy atom. The van der Waals surface area contributed by atoms with Crippen LogP contribution < -0.4 is 0 Å². The van der Waals surface area contributed by atoms with Crippen molar-refractivity contribution in [1.29, 1.82) is 0 Å². The third-order valence-electron chi connectivity index (χ3n) is 2.00. The van der Waals surface area contributed by atoms with E-state index in [-0.39, 0.29) is 6.61 Å². The summed E-state index contributed by atoms with van der Waals surface area (Å²) in [5, 5.41) is 9.81. The average Bonchev–Trinajstić information content (AvgIpc) is 2.51. The normalized spacial score (nSPS) is 11.1. The molecule has 5 heteroatoms. The Bertz CT molecular complexity index is 467. The number of aliphatic hydroxyl groups excluding tert-OH is 1. The van der Waals surface area contributed by atoms with Gasteiger partial charge in [-0.25, -0.2) is 4.98 Å². The average molecular weight is 231 g/mol. The molecular weight excluding hydrogens is 223 g/mol. The number of fused-ring (bicyclic) bond motifs is 1. The van der Waals surface area contributed by atoms with Crippen LogP contribution in [0.1, 0.15) is 0 Å². The molecule has 0 atom stereocenters. The van der Waals surface area contributed by atoms with E-state index >= 15 is 0 Å². The number of aliphatic hydroxyl groups is 1. The van der Waals surface area contributed by atoms with E-state index in [2.05, 4.69) is 4.98 Å². The van der Waals surface area contributed by atoms with Crippen molar-refractivity contribution in [1.82, 2.24) is 9.55 Å². The Morgan fingerprint density at radius 3 is 2.71 bits per heavy atom. The number of nitrogens with zero attached hydrogens (tertiary/aromatic N) is 2. The Labute approximate surface area is 90.9 Å². The first kappa shape index (κ1) is 9.77. The SMILES string of the molecule is OCCn1cnc2cc(Cl)c(Cl)cc21. The van der Waals surface area contributed by atoms with Gasteiger partial charge in [-0.3, -0.25) is 0 Å². The molecule has 0 spiro atoms. The fourth-order valence-electron chi connectivity index (χ4n) is 1.34. The molecule has 0 bridgehead atoms. The minimum Gasteiger partial charge on any atom is -0.395 e. The molecular formula is C9H8Cl2N2O. The number of hydrogen-bond donors (Lipinski definition) is 1. The third kappa shape index (κ3) is 1.59. The lowest BCUT2D eigenvalue weighted by molar-refractivity contribution is 0.278. The van der Waals surface area contributed by atoms with Crippen LogP contribution in [0.25, 0.3) is 11.0 Å². The van der Waals surface area contributed by atoms with Crippen LogP contribution in [0.3, 0.4) is 0 Å². The maximum Gasteiger partial charge on any atom is 0.0959 e. The van der Waals surface area contributed by atoms with Crippen molar-refractivity contribution in [3.05, 3.63) is 28.5 Å². The van der Waals surface area contributed by atoms with Crippen LogP contribution in [-0.2, 0) is 6.54 Å². The summed E-state index contributed by atoms with van der Waals surface area (Å²) in [4.78, 5) is 4.15. The van der Waals surface area contributed by atoms with E-state index in [0.29, 0.717) is 16.6 Å². The van der Waals surface area contributed by atoms with Crippen LogP contribution in [0.5, 0.6) is 0 Å². The summed E-state index contributed by atoms with van der Waals surface area (Å²) in [5.74, 6) is 0. The van der Waals surface area contributed by atoms with Crippen molar-refractivity contribution in [2.45, 2.75) is 6.54 Å². The highest BCUT2D eigenvalue weighted by Gasteiger charge is 2.05. The Hall–Kier alpha value is -0.770. The summed E-state index contributed by atoms with van der Waals surface area (Å²) < 4.78 is 1.83. The minimum absolute atomic E-state index is 0.0751. The highest BCUT2D eigenvalue weighted by Crippen LogP contribution is 2.26. The first-order valence-corrected chi connectivity index (χ1v) is 4.88. The van der Waals surface area contributed by atoms with Gasteiger partial charge in [0, 0.05) is 6.54 Å². The largest absolute Gasteiger partial charge is 0.395 e. The van der Waals surface area contributed by atoms with E-state index in [9.17, 15) is 0 Å². The van der Waals surface area contributed by atoms with Crippen molar-refractivity contribution in [3.8, 4) is 0 Å². The van der Waals surface area contributed by atoms with Crippen molar-refractivity contribution in [3.63, 3.8) is 0 Å². The number of aromatic nitrogens is 2. The molecule has 0 saturated carbocycles. The lowest BCUT2D eigenvalue weighted by atomic mass is 10.3. The highest BCUT2D eigenvalue weighted by atomic mass is 35.5. The van der Waals surface area contributed by atoms with Gasteiger partial charge < -0.3 is 9.67 Å². The second-order valence-corrected chi connectivity index (χ2v) is 3.73. The molecule has 74 valence electrons. The van der Waals surface area contributed by atoms with Crippen molar-refractivity contribution in [2.24, 2.45) is 0 Å². The van der Waals surface area contributed by atoms with Crippen LogP contribution in [0, 0.1) is 0 Å². The second-order valence-electron chi connectivity index (χ2n) is 2.92. The molecule has 2 rings (SSSR count). The van der Waals surface area contributed by atoms with Crippen LogP contribution >= 0.6 is 23.2 Å². The molecule has 0 aliphatic rings. The quantitative estimate of drug-likeness (QED) is 0.861. The minimum atomic E-state index is 0.0751. The summed E-state index contributed by atoms with van der Waals surface area (Å²) in [6, 6.07) is 3.47. The van der Waals surface area contributed by atoms with Crippen LogP contribution in [0.15, 0.2) is 18.5 Å². The molecule has 3 nitrogen and oxygen atoms in total. The maximum atomic E-state index is 8.81. The van der Waals surface area contributed by atoms with E-state index in [4.69, 9.17) is 28.3 Å². The number of rotatable bonds is 2. The molecule has 0 saturated heterocycles. The van der Waals surface area contributed by atoms with Gasteiger partial charge in [0.1, 0.15) is 0 Å². The van der Waals surface area contributed by atoms with Crippen LogP contribution in [0.4, 0.5) is 0 Å². The summed E-state index contributed by atoms with van der Waals surface area (Å²) >= 11 is 11.7. The van der Waals surface area contributed by atoms with E-state index in [1.165, 1.54) is 0 Å². The predicted octanol–water partition coefficient (Wildman–Crippen LogP) is 2.34. The fourth-order valence-corrected chi connectivity index (χ4v) is 1.66. The van der Waals surface area contributed by atoms with Crippen LogP contribution in [0.2, 0.25) is 10.0 Å². The third-order valence-corrected chi connectivity index (χ3v) is 2.73. The van der Waals surface area contributed by atoms with E-state index in [1.54, 1.807) is 18.5 Å². The van der Waals surface area contributed by atoms with Crippen molar-refractivity contribution < 1.29 is 5.11 Å².